The molecule has 1 aliphatic rings. The van der Waals surface area contributed by atoms with Gasteiger partial charge in [0.1, 0.15) is 0 Å². The lowest BCUT2D eigenvalue weighted by Gasteiger charge is -2.07. The number of hydrogen-bond donors (Lipinski definition) is 0. The van der Waals surface area contributed by atoms with Crippen LogP contribution in [-0.4, -0.2) is 27.2 Å². The third-order valence-corrected chi connectivity index (χ3v) is 4.82. The van der Waals surface area contributed by atoms with Crippen molar-refractivity contribution < 1.29 is 9.59 Å². The van der Waals surface area contributed by atoms with E-state index in [1.54, 1.807) is 0 Å². The molecule has 0 aliphatic carbocycles. The quantitative estimate of drug-likeness (QED) is 0.797. The Morgan fingerprint density at radius 2 is 1.95 bits per heavy atom. The van der Waals surface area contributed by atoms with Gasteiger partial charge in [0.05, 0.1) is 4.91 Å². The smallest absolute Gasteiger partial charge is 0.293 e. The number of nitrogens with zero attached hydrogens (tertiary/aromatic N) is 2. The Balaban J connectivity index is 2.15. The maximum absolute atomic E-state index is 12.2. The first kappa shape index (κ1) is 13.9. The molecule has 5 heteroatoms. The Labute approximate surface area is 127 Å². The van der Waals surface area contributed by atoms with Crippen molar-refractivity contribution in [2.45, 2.75) is 13.8 Å². The Morgan fingerprint density at radius 1 is 1.24 bits per heavy atom. The number of amides is 2. The monoisotopic (exact) mass is 300 g/mol. The van der Waals surface area contributed by atoms with Crippen molar-refractivity contribution in [3.8, 4) is 0 Å². The van der Waals surface area contributed by atoms with E-state index in [1.165, 1.54) is 4.90 Å². The van der Waals surface area contributed by atoms with E-state index >= 15 is 0 Å². The summed E-state index contributed by atoms with van der Waals surface area (Å²) in [6.07, 6.45) is 1.85. The average Bonchev–Trinajstić information content (AvgIpc) is 2.89. The molecule has 1 aliphatic heterocycles. The molecule has 0 atom stereocenters. The third-order valence-electron chi connectivity index (χ3n) is 3.91. The Hall–Kier alpha value is -2.01. The molecule has 21 heavy (non-hydrogen) atoms. The first-order valence-electron chi connectivity index (χ1n) is 6.84. The van der Waals surface area contributed by atoms with Crippen molar-refractivity contribution in [2.75, 3.05) is 6.54 Å². The van der Waals surface area contributed by atoms with Gasteiger partial charge in [-0.3, -0.25) is 14.5 Å². The van der Waals surface area contributed by atoms with E-state index in [4.69, 9.17) is 0 Å². The number of para-hydroxylation sites is 1. The maximum Gasteiger partial charge on any atom is 0.293 e. The molecular weight excluding hydrogens is 284 g/mol. The maximum atomic E-state index is 12.2. The van der Waals surface area contributed by atoms with Gasteiger partial charge in [0, 0.05) is 35.8 Å². The molecule has 2 aromatic rings. The van der Waals surface area contributed by atoms with Gasteiger partial charge in [0.25, 0.3) is 11.1 Å². The summed E-state index contributed by atoms with van der Waals surface area (Å²) in [6.45, 7) is 4.24. The number of fused-ring (bicyclic) bond motifs is 1. The summed E-state index contributed by atoms with van der Waals surface area (Å²) in [7, 11) is 2.01. The second-order valence-electron chi connectivity index (χ2n) is 5.00. The number of hydrogen-bond acceptors (Lipinski definition) is 3. The number of rotatable bonds is 2. The zero-order chi connectivity index (χ0) is 15.1. The molecule has 0 N–H and O–H groups in total. The number of aryl methyl sites for hydroxylation is 1. The van der Waals surface area contributed by atoms with Gasteiger partial charge >= 0.3 is 0 Å². The third kappa shape index (κ3) is 2.08. The summed E-state index contributed by atoms with van der Waals surface area (Å²) in [5.74, 6) is -0.195. The highest BCUT2D eigenvalue weighted by atomic mass is 32.2. The zero-order valence-electron chi connectivity index (χ0n) is 12.2. The number of likely N-dealkylation sites (N-methyl/N-ethyl adjacent to an activating group) is 1. The highest BCUT2D eigenvalue weighted by Crippen LogP contribution is 2.34. The van der Waals surface area contributed by atoms with Gasteiger partial charge in [-0.05, 0) is 37.8 Å². The molecule has 2 amide bonds. The minimum atomic E-state index is -0.195. The number of carbonyl (C=O) groups is 2. The van der Waals surface area contributed by atoms with E-state index in [-0.39, 0.29) is 11.1 Å². The molecule has 0 saturated carbocycles. The molecule has 0 bridgehead atoms. The Morgan fingerprint density at radius 3 is 2.62 bits per heavy atom. The normalized spacial score (nSPS) is 17.5. The summed E-state index contributed by atoms with van der Waals surface area (Å²) in [5.41, 5.74) is 3.21. The van der Waals surface area contributed by atoms with Crippen LogP contribution in [0.15, 0.2) is 29.2 Å². The van der Waals surface area contributed by atoms with Crippen molar-refractivity contribution in [1.29, 1.82) is 0 Å². The minimum absolute atomic E-state index is 0.188. The summed E-state index contributed by atoms with van der Waals surface area (Å²) >= 11 is 1.02. The van der Waals surface area contributed by atoms with Crippen molar-refractivity contribution in [1.82, 2.24) is 9.47 Å². The number of carbonyl (C=O) groups excluding carboxylic acids is 2. The van der Waals surface area contributed by atoms with Crippen LogP contribution in [0.5, 0.6) is 0 Å². The molecule has 2 heterocycles. The SMILES string of the molecule is CCN1C(=O)S/C(=C\c2c(C)n(C)c3ccccc23)C1=O. The number of thioether (sulfide) groups is 1. The van der Waals surface area contributed by atoms with Crippen LogP contribution >= 0.6 is 11.8 Å². The highest BCUT2D eigenvalue weighted by Gasteiger charge is 2.34. The van der Waals surface area contributed by atoms with E-state index in [9.17, 15) is 9.59 Å². The molecule has 1 saturated heterocycles. The topological polar surface area (TPSA) is 42.3 Å². The van der Waals surface area contributed by atoms with Gasteiger partial charge in [0.2, 0.25) is 0 Å². The molecular formula is C16H16N2O2S. The molecule has 0 unspecified atom stereocenters. The summed E-state index contributed by atoms with van der Waals surface area (Å²) in [4.78, 5) is 25.8. The largest absolute Gasteiger partial charge is 0.347 e. The van der Waals surface area contributed by atoms with Crippen LogP contribution in [-0.2, 0) is 11.8 Å². The molecule has 1 aromatic carbocycles. The second-order valence-corrected chi connectivity index (χ2v) is 5.99. The predicted octanol–water partition coefficient (Wildman–Crippen LogP) is 3.54. The van der Waals surface area contributed by atoms with Crippen molar-refractivity contribution >= 4 is 39.9 Å². The van der Waals surface area contributed by atoms with E-state index in [1.807, 2.05) is 45.2 Å². The van der Waals surface area contributed by atoms with Crippen LogP contribution < -0.4 is 0 Å². The van der Waals surface area contributed by atoms with Crippen molar-refractivity contribution in [3.05, 3.63) is 40.4 Å². The second kappa shape index (κ2) is 5.07. The number of aromatic nitrogens is 1. The highest BCUT2D eigenvalue weighted by molar-refractivity contribution is 8.18. The number of imide groups is 1. The van der Waals surface area contributed by atoms with Gasteiger partial charge in [-0.15, -0.1) is 0 Å². The lowest BCUT2D eigenvalue weighted by atomic mass is 10.1. The average molecular weight is 300 g/mol. The van der Waals surface area contributed by atoms with Crippen LogP contribution in [0.3, 0.4) is 0 Å². The Kier molecular flexibility index (Phi) is 3.37. The van der Waals surface area contributed by atoms with Crippen LogP contribution in [0.1, 0.15) is 18.2 Å². The van der Waals surface area contributed by atoms with E-state index < -0.39 is 0 Å². The molecule has 108 valence electrons. The first-order chi connectivity index (χ1) is 10.0. The van der Waals surface area contributed by atoms with Crippen molar-refractivity contribution in [2.24, 2.45) is 7.05 Å². The Bertz CT molecular complexity index is 789. The molecule has 3 rings (SSSR count). The lowest BCUT2D eigenvalue weighted by Crippen LogP contribution is -2.27. The molecule has 0 spiro atoms. The van der Waals surface area contributed by atoms with E-state index in [0.717, 1.165) is 33.9 Å². The van der Waals surface area contributed by atoms with Gasteiger partial charge in [0.15, 0.2) is 0 Å². The fraction of sp³-hybridized carbons (Fsp3) is 0.250. The number of benzene rings is 1. The lowest BCUT2D eigenvalue weighted by molar-refractivity contribution is -0.122. The van der Waals surface area contributed by atoms with Crippen LogP contribution in [0.4, 0.5) is 4.79 Å². The van der Waals surface area contributed by atoms with Gasteiger partial charge in [-0.25, -0.2) is 0 Å². The minimum Gasteiger partial charge on any atom is -0.347 e. The molecule has 0 radical (unpaired) electrons. The van der Waals surface area contributed by atoms with Gasteiger partial charge < -0.3 is 4.57 Å². The van der Waals surface area contributed by atoms with E-state index in [2.05, 4.69) is 10.6 Å². The summed E-state index contributed by atoms with van der Waals surface area (Å²) < 4.78 is 2.10. The fourth-order valence-corrected chi connectivity index (χ4v) is 3.52. The van der Waals surface area contributed by atoms with Gasteiger partial charge in [-0.1, -0.05) is 18.2 Å². The van der Waals surface area contributed by atoms with Crippen LogP contribution in [0.25, 0.3) is 17.0 Å². The van der Waals surface area contributed by atoms with Crippen LogP contribution in [0.2, 0.25) is 0 Å². The standard InChI is InChI=1S/C16H16N2O2S/c1-4-18-15(19)14(21-16(18)20)9-12-10(2)17(3)13-8-6-5-7-11(12)13/h5-9H,4H2,1-3H3/b14-9-. The van der Waals surface area contributed by atoms with Crippen LogP contribution in [0, 0.1) is 6.92 Å². The zero-order valence-corrected chi connectivity index (χ0v) is 13.0. The predicted molar refractivity (Wildman–Crippen MR) is 86.0 cm³/mol. The van der Waals surface area contributed by atoms with Crippen molar-refractivity contribution in [3.63, 3.8) is 0 Å². The molecule has 4 nitrogen and oxygen atoms in total. The fourth-order valence-electron chi connectivity index (χ4n) is 2.64. The first-order valence-corrected chi connectivity index (χ1v) is 7.65. The molecule has 1 aromatic heterocycles. The molecule has 1 fully saturated rings. The summed E-state index contributed by atoms with van der Waals surface area (Å²) in [6, 6.07) is 8.07. The van der Waals surface area contributed by atoms with Gasteiger partial charge in [-0.2, -0.15) is 0 Å². The van der Waals surface area contributed by atoms with E-state index in [0.29, 0.717) is 11.4 Å². The summed E-state index contributed by atoms with van der Waals surface area (Å²) in [5, 5.41) is 0.910.